The molecule has 1 unspecified atom stereocenters. The lowest BCUT2D eigenvalue weighted by Gasteiger charge is -2.13. The molecule has 0 bridgehead atoms. The molecule has 7 heteroatoms. The summed E-state index contributed by atoms with van der Waals surface area (Å²) in [6.45, 7) is 0. The second-order valence-electron chi connectivity index (χ2n) is 5.05. The van der Waals surface area contributed by atoms with Gasteiger partial charge in [-0.3, -0.25) is 9.78 Å². The van der Waals surface area contributed by atoms with Crippen molar-refractivity contribution >= 4 is 15.7 Å². The highest BCUT2D eigenvalue weighted by Gasteiger charge is 2.29. The number of hydrogen-bond donors (Lipinski definition) is 1. The molecule has 1 amide bonds. The SMILES string of the molecule is O=C(NC1CCS(=O)(=O)C1)c1cccn1-c1cccnc1. The first-order chi connectivity index (χ1) is 10.1. The molecule has 2 aromatic rings. The summed E-state index contributed by atoms with van der Waals surface area (Å²) in [5.74, 6) is -0.112. The van der Waals surface area contributed by atoms with Crippen LogP contribution in [0, 0.1) is 0 Å². The van der Waals surface area contributed by atoms with E-state index >= 15 is 0 Å². The monoisotopic (exact) mass is 305 g/mol. The second-order valence-corrected chi connectivity index (χ2v) is 7.28. The van der Waals surface area contributed by atoms with Gasteiger partial charge >= 0.3 is 0 Å². The number of aromatic nitrogens is 2. The van der Waals surface area contributed by atoms with Gasteiger partial charge in [-0.05, 0) is 30.7 Å². The van der Waals surface area contributed by atoms with Gasteiger partial charge in [-0.1, -0.05) is 0 Å². The maximum Gasteiger partial charge on any atom is 0.268 e. The first kappa shape index (κ1) is 13.8. The highest BCUT2D eigenvalue weighted by molar-refractivity contribution is 7.91. The third-order valence-electron chi connectivity index (χ3n) is 3.47. The number of nitrogens with zero attached hydrogens (tertiary/aromatic N) is 2. The van der Waals surface area contributed by atoms with Crippen molar-refractivity contribution in [2.75, 3.05) is 11.5 Å². The zero-order valence-electron chi connectivity index (χ0n) is 11.3. The van der Waals surface area contributed by atoms with E-state index < -0.39 is 9.84 Å². The maximum atomic E-state index is 12.3. The van der Waals surface area contributed by atoms with Gasteiger partial charge in [-0.25, -0.2) is 8.42 Å². The topological polar surface area (TPSA) is 81.1 Å². The van der Waals surface area contributed by atoms with E-state index in [9.17, 15) is 13.2 Å². The average Bonchev–Trinajstić information content (AvgIpc) is 3.06. The van der Waals surface area contributed by atoms with E-state index in [4.69, 9.17) is 0 Å². The Morgan fingerprint density at radius 2 is 2.19 bits per heavy atom. The summed E-state index contributed by atoms with van der Waals surface area (Å²) >= 11 is 0. The number of nitrogens with one attached hydrogen (secondary N) is 1. The van der Waals surface area contributed by atoms with Crippen LogP contribution in [0.3, 0.4) is 0 Å². The smallest absolute Gasteiger partial charge is 0.268 e. The Hall–Kier alpha value is -2.15. The summed E-state index contributed by atoms with van der Waals surface area (Å²) in [7, 11) is -3.00. The third-order valence-corrected chi connectivity index (χ3v) is 5.24. The zero-order chi connectivity index (χ0) is 14.9. The Morgan fingerprint density at radius 3 is 2.86 bits per heavy atom. The fourth-order valence-corrected chi connectivity index (χ4v) is 4.13. The number of hydrogen-bond acceptors (Lipinski definition) is 4. The Kier molecular flexibility index (Phi) is 3.50. The van der Waals surface area contributed by atoms with Gasteiger partial charge in [0.1, 0.15) is 5.69 Å². The Labute approximate surface area is 122 Å². The maximum absolute atomic E-state index is 12.3. The lowest BCUT2D eigenvalue weighted by Crippen LogP contribution is -2.36. The molecular weight excluding hydrogens is 290 g/mol. The quantitative estimate of drug-likeness (QED) is 0.909. The van der Waals surface area contributed by atoms with Crippen LogP contribution in [0.2, 0.25) is 0 Å². The van der Waals surface area contributed by atoms with E-state index in [1.807, 2.05) is 6.07 Å². The standard InChI is InChI=1S/C14H15N3O3S/c18-14(16-11-5-8-21(19,20)10-11)13-4-2-7-17(13)12-3-1-6-15-9-12/h1-4,6-7,9,11H,5,8,10H2,(H,16,18). The molecule has 1 aliphatic heterocycles. The van der Waals surface area contributed by atoms with Crippen molar-refractivity contribution in [3.05, 3.63) is 48.5 Å². The van der Waals surface area contributed by atoms with Gasteiger partial charge in [-0.2, -0.15) is 0 Å². The average molecular weight is 305 g/mol. The van der Waals surface area contributed by atoms with Gasteiger partial charge in [0, 0.05) is 18.4 Å². The molecule has 0 aromatic carbocycles. The fraction of sp³-hybridized carbons (Fsp3) is 0.286. The van der Waals surface area contributed by atoms with Gasteiger partial charge in [0.15, 0.2) is 9.84 Å². The third kappa shape index (κ3) is 2.97. The molecule has 3 heterocycles. The zero-order valence-corrected chi connectivity index (χ0v) is 12.1. The summed E-state index contributed by atoms with van der Waals surface area (Å²) in [6.07, 6.45) is 5.58. The first-order valence-corrected chi connectivity index (χ1v) is 8.46. The van der Waals surface area contributed by atoms with Crippen molar-refractivity contribution in [1.29, 1.82) is 0 Å². The van der Waals surface area contributed by atoms with E-state index in [0.717, 1.165) is 5.69 Å². The molecule has 0 aliphatic carbocycles. The normalized spacial score (nSPS) is 20.3. The largest absolute Gasteiger partial charge is 0.347 e. The van der Waals surface area contributed by atoms with E-state index in [1.165, 1.54) is 0 Å². The van der Waals surface area contributed by atoms with Crippen molar-refractivity contribution < 1.29 is 13.2 Å². The molecule has 6 nitrogen and oxygen atoms in total. The van der Waals surface area contributed by atoms with Crippen molar-refractivity contribution in [3.8, 4) is 5.69 Å². The van der Waals surface area contributed by atoms with Crippen LogP contribution in [0.4, 0.5) is 0 Å². The van der Waals surface area contributed by atoms with Crippen LogP contribution in [-0.2, 0) is 9.84 Å². The molecule has 21 heavy (non-hydrogen) atoms. The predicted molar refractivity (Wildman–Crippen MR) is 78.1 cm³/mol. The van der Waals surface area contributed by atoms with Gasteiger partial charge in [0.2, 0.25) is 0 Å². The number of carbonyl (C=O) groups is 1. The summed E-state index contributed by atoms with van der Waals surface area (Å²) in [5, 5.41) is 2.79. The van der Waals surface area contributed by atoms with Crippen molar-refractivity contribution in [2.45, 2.75) is 12.5 Å². The molecule has 110 valence electrons. The van der Waals surface area contributed by atoms with Crippen LogP contribution in [0.5, 0.6) is 0 Å². The van der Waals surface area contributed by atoms with Crippen molar-refractivity contribution in [3.63, 3.8) is 0 Å². The lowest BCUT2D eigenvalue weighted by molar-refractivity contribution is 0.0934. The molecular formula is C14H15N3O3S. The molecule has 0 saturated carbocycles. The molecule has 1 aliphatic rings. The van der Waals surface area contributed by atoms with Crippen LogP contribution < -0.4 is 5.32 Å². The summed E-state index contributed by atoms with van der Waals surface area (Å²) in [4.78, 5) is 16.4. The van der Waals surface area contributed by atoms with E-state index in [0.29, 0.717) is 12.1 Å². The Bertz CT molecular complexity index is 753. The minimum absolute atomic E-state index is 0.0202. The highest BCUT2D eigenvalue weighted by Crippen LogP contribution is 2.14. The van der Waals surface area contributed by atoms with Crippen LogP contribution in [0.1, 0.15) is 16.9 Å². The van der Waals surface area contributed by atoms with Crippen LogP contribution in [0.25, 0.3) is 5.69 Å². The number of sulfone groups is 1. The Morgan fingerprint density at radius 1 is 1.33 bits per heavy atom. The number of carbonyl (C=O) groups excluding carboxylic acids is 1. The van der Waals surface area contributed by atoms with Crippen molar-refractivity contribution in [2.24, 2.45) is 0 Å². The molecule has 1 fully saturated rings. The van der Waals surface area contributed by atoms with Gasteiger partial charge in [0.25, 0.3) is 5.91 Å². The summed E-state index contributed by atoms with van der Waals surface area (Å²) < 4.78 is 24.6. The van der Waals surface area contributed by atoms with Gasteiger partial charge < -0.3 is 9.88 Å². The number of rotatable bonds is 3. The minimum Gasteiger partial charge on any atom is -0.347 e. The molecule has 1 saturated heterocycles. The predicted octanol–water partition coefficient (Wildman–Crippen LogP) is 0.789. The minimum atomic E-state index is -3.00. The summed E-state index contributed by atoms with van der Waals surface area (Å²) in [6, 6.07) is 6.81. The number of pyridine rings is 1. The number of amides is 1. The molecule has 3 rings (SSSR count). The molecule has 1 N–H and O–H groups in total. The van der Waals surface area contributed by atoms with E-state index in [2.05, 4.69) is 10.3 Å². The van der Waals surface area contributed by atoms with Crippen LogP contribution in [0.15, 0.2) is 42.9 Å². The molecule has 1 atom stereocenters. The molecule has 2 aromatic heterocycles. The fourth-order valence-electron chi connectivity index (χ4n) is 2.46. The lowest BCUT2D eigenvalue weighted by atomic mass is 10.2. The van der Waals surface area contributed by atoms with Gasteiger partial charge in [-0.15, -0.1) is 0 Å². The highest BCUT2D eigenvalue weighted by atomic mass is 32.2. The van der Waals surface area contributed by atoms with E-state index in [-0.39, 0.29) is 23.5 Å². The second kappa shape index (κ2) is 5.33. The van der Waals surface area contributed by atoms with Crippen LogP contribution >= 0.6 is 0 Å². The summed E-state index contributed by atoms with van der Waals surface area (Å²) in [5.41, 5.74) is 1.25. The van der Waals surface area contributed by atoms with E-state index in [1.54, 1.807) is 41.4 Å². The Balaban J connectivity index is 1.79. The van der Waals surface area contributed by atoms with Gasteiger partial charge in [0.05, 0.1) is 23.4 Å². The first-order valence-electron chi connectivity index (χ1n) is 6.64. The molecule has 0 spiro atoms. The van der Waals surface area contributed by atoms with Crippen molar-refractivity contribution in [1.82, 2.24) is 14.9 Å². The molecule has 0 radical (unpaired) electrons. The van der Waals surface area contributed by atoms with Crippen LogP contribution in [-0.4, -0.2) is 41.4 Å².